The smallest absolute Gasteiger partial charge is 0.336 e. The Labute approximate surface area is 239 Å². The summed E-state index contributed by atoms with van der Waals surface area (Å²) >= 11 is 8.91. The quantitative estimate of drug-likeness (QED) is 0.175. The second kappa shape index (κ2) is 12.3. The number of carbonyl (C=O) groups excluding carboxylic acids is 1. The molecule has 39 heavy (non-hydrogen) atoms. The van der Waals surface area contributed by atoms with E-state index in [1.807, 2.05) is 84.3 Å². The van der Waals surface area contributed by atoms with Crippen LogP contribution in [0.1, 0.15) is 42.9 Å². The van der Waals surface area contributed by atoms with Gasteiger partial charge in [-0.1, -0.05) is 66.2 Å². The average Bonchev–Trinajstić information content (AvgIpc) is 3.49. The minimum atomic E-state index is -0.978. The van der Waals surface area contributed by atoms with E-state index in [0.29, 0.717) is 20.5 Å². The van der Waals surface area contributed by atoms with Crippen molar-refractivity contribution in [2.75, 3.05) is 5.75 Å². The number of pyridine rings is 1. The van der Waals surface area contributed by atoms with Crippen LogP contribution in [-0.4, -0.2) is 27.7 Å². The average molecular weight is 571 g/mol. The van der Waals surface area contributed by atoms with Gasteiger partial charge in [-0.3, -0.25) is 4.79 Å². The van der Waals surface area contributed by atoms with E-state index in [2.05, 4.69) is 10.3 Å². The van der Waals surface area contributed by atoms with Crippen LogP contribution in [0.2, 0.25) is 5.02 Å². The SMILES string of the molecule is O=C(NC(CSc1ccccc1C(=O)O)c1cccc(/C=C/c2ccc3ccc(Cl)cc3n2)c1)c1cccs1. The van der Waals surface area contributed by atoms with Crippen LogP contribution >= 0.6 is 34.7 Å². The first-order valence-electron chi connectivity index (χ1n) is 12.1. The van der Waals surface area contributed by atoms with Gasteiger partial charge in [-0.05, 0) is 65.0 Å². The number of aromatic carboxylic acids is 1. The van der Waals surface area contributed by atoms with Gasteiger partial charge in [0.15, 0.2) is 0 Å². The van der Waals surface area contributed by atoms with Gasteiger partial charge in [0.25, 0.3) is 5.91 Å². The summed E-state index contributed by atoms with van der Waals surface area (Å²) in [6, 6.07) is 27.7. The van der Waals surface area contributed by atoms with Gasteiger partial charge in [0, 0.05) is 21.1 Å². The number of aromatic nitrogens is 1. The largest absolute Gasteiger partial charge is 0.478 e. The lowest BCUT2D eigenvalue weighted by atomic mass is 10.0. The number of carboxylic acid groups (broad SMARTS) is 1. The Morgan fingerprint density at radius 2 is 1.82 bits per heavy atom. The predicted octanol–water partition coefficient (Wildman–Crippen LogP) is 8.08. The van der Waals surface area contributed by atoms with Gasteiger partial charge in [-0.2, -0.15) is 0 Å². The van der Waals surface area contributed by atoms with Gasteiger partial charge in [0.05, 0.1) is 27.7 Å². The van der Waals surface area contributed by atoms with Crippen molar-refractivity contribution in [3.8, 4) is 0 Å². The van der Waals surface area contributed by atoms with Crippen LogP contribution < -0.4 is 5.32 Å². The number of thioether (sulfide) groups is 1. The Morgan fingerprint density at radius 3 is 2.64 bits per heavy atom. The third-order valence-electron chi connectivity index (χ3n) is 6.01. The third kappa shape index (κ3) is 6.75. The van der Waals surface area contributed by atoms with Crippen LogP contribution in [0.15, 0.2) is 101 Å². The van der Waals surface area contributed by atoms with E-state index in [1.165, 1.54) is 23.1 Å². The van der Waals surface area contributed by atoms with E-state index in [0.717, 1.165) is 27.7 Å². The van der Waals surface area contributed by atoms with Crippen molar-refractivity contribution in [2.24, 2.45) is 0 Å². The molecule has 8 heteroatoms. The molecule has 2 aromatic heterocycles. The van der Waals surface area contributed by atoms with Crippen LogP contribution in [-0.2, 0) is 0 Å². The Hall–Kier alpha value is -3.91. The number of carboxylic acids is 1. The molecule has 0 aliphatic heterocycles. The van der Waals surface area contributed by atoms with Gasteiger partial charge in [-0.15, -0.1) is 23.1 Å². The van der Waals surface area contributed by atoms with Crippen molar-refractivity contribution in [3.63, 3.8) is 0 Å². The molecule has 1 atom stereocenters. The topological polar surface area (TPSA) is 79.3 Å². The third-order valence-corrected chi connectivity index (χ3v) is 8.28. The maximum atomic E-state index is 13.0. The van der Waals surface area contributed by atoms with Crippen LogP contribution in [0.25, 0.3) is 23.1 Å². The summed E-state index contributed by atoms with van der Waals surface area (Å²) in [5, 5.41) is 16.2. The standard InChI is InChI=1S/C31H23ClN2O3S2/c32-23-13-11-21-12-15-24(33-26(21)18-23)14-10-20-5-3-6-22(17-20)27(34-30(35)29-9-4-16-38-29)19-39-28-8-2-1-7-25(28)31(36)37/h1-18,27H,19H2,(H,34,35)(H,36,37)/b14-10+. The van der Waals surface area contributed by atoms with Crippen molar-refractivity contribution in [2.45, 2.75) is 10.9 Å². The van der Waals surface area contributed by atoms with Crippen LogP contribution in [0, 0.1) is 0 Å². The molecule has 0 aliphatic carbocycles. The maximum absolute atomic E-state index is 13.0. The van der Waals surface area contributed by atoms with E-state index in [-0.39, 0.29) is 17.5 Å². The zero-order valence-corrected chi connectivity index (χ0v) is 23.0. The normalized spacial score (nSPS) is 12.0. The van der Waals surface area contributed by atoms with Gasteiger partial charge < -0.3 is 10.4 Å². The number of benzene rings is 3. The Morgan fingerprint density at radius 1 is 0.974 bits per heavy atom. The van der Waals surface area contributed by atoms with Crippen LogP contribution in [0.3, 0.4) is 0 Å². The Kier molecular flexibility index (Phi) is 8.42. The molecule has 2 heterocycles. The van der Waals surface area contributed by atoms with Gasteiger partial charge in [0.2, 0.25) is 0 Å². The first-order valence-corrected chi connectivity index (χ1v) is 14.3. The first kappa shape index (κ1) is 26.7. The van der Waals surface area contributed by atoms with Crippen molar-refractivity contribution in [3.05, 3.63) is 129 Å². The van der Waals surface area contributed by atoms with Gasteiger partial charge in [-0.25, -0.2) is 9.78 Å². The number of thiophene rings is 1. The first-order chi connectivity index (χ1) is 19.0. The number of amides is 1. The predicted molar refractivity (Wildman–Crippen MR) is 161 cm³/mol. The molecule has 1 amide bonds. The number of nitrogens with one attached hydrogen (secondary N) is 1. The van der Waals surface area contributed by atoms with Crippen molar-refractivity contribution < 1.29 is 14.7 Å². The lowest BCUT2D eigenvalue weighted by Crippen LogP contribution is -2.29. The number of nitrogens with zero attached hydrogens (tertiary/aromatic N) is 1. The molecule has 5 aromatic rings. The molecular weight excluding hydrogens is 548 g/mol. The monoisotopic (exact) mass is 570 g/mol. The number of rotatable bonds is 9. The van der Waals surface area contributed by atoms with Crippen LogP contribution in [0.4, 0.5) is 0 Å². The highest BCUT2D eigenvalue weighted by molar-refractivity contribution is 7.99. The fraction of sp³-hybridized carbons (Fsp3) is 0.0645. The molecule has 0 saturated heterocycles. The maximum Gasteiger partial charge on any atom is 0.336 e. The molecule has 2 N–H and O–H groups in total. The fourth-order valence-electron chi connectivity index (χ4n) is 4.06. The van der Waals surface area contributed by atoms with E-state index >= 15 is 0 Å². The second-order valence-electron chi connectivity index (χ2n) is 8.69. The molecule has 5 nitrogen and oxygen atoms in total. The molecule has 0 saturated carbocycles. The molecule has 3 aromatic carbocycles. The minimum absolute atomic E-state index is 0.165. The summed E-state index contributed by atoms with van der Waals surface area (Å²) in [5.74, 6) is -0.683. The molecule has 0 fully saturated rings. The highest BCUT2D eigenvalue weighted by atomic mass is 35.5. The Bertz CT molecular complexity index is 1670. The van der Waals surface area contributed by atoms with E-state index in [4.69, 9.17) is 11.6 Å². The van der Waals surface area contributed by atoms with Gasteiger partial charge >= 0.3 is 5.97 Å². The van der Waals surface area contributed by atoms with Crippen molar-refractivity contribution in [1.29, 1.82) is 0 Å². The van der Waals surface area contributed by atoms with Crippen molar-refractivity contribution in [1.82, 2.24) is 10.3 Å². The zero-order chi connectivity index (χ0) is 27.2. The molecule has 1 unspecified atom stereocenters. The fourth-order valence-corrected chi connectivity index (χ4v) is 5.96. The Balaban J connectivity index is 1.40. The summed E-state index contributed by atoms with van der Waals surface area (Å²) in [6.07, 6.45) is 3.92. The molecule has 194 valence electrons. The molecule has 0 aliphatic rings. The van der Waals surface area contributed by atoms with Crippen molar-refractivity contribution >= 4 is 69.6 Å². The van der Waals surface area contributed by atoms with Gasteiger partial charge in [0.1, 0.15) is 0 Å². The highest BCUT2D eigenvalue weighted by Gasteiger charge is 2.19. The molecule has 5 rings (SSSR count). The minimum Gasteiger partial charge on any atom is -0.478 e. The number of halogens is 1. The molecular formula is C31H23ClN2O3S2. The number of hydrogen-bond donors (Lipinski definition) is 2. The lowest BCUT2D eigenvalue weighted by molar-refractivity contribution is 0.0692. The summed E-state index contributed by atoms with van der Waals surface area (Å²) in [6.45, 7) is 0. The molecule has 0 radical (unpaired) electrons. The summed E-state index contributed by atoms with van der Waals surface area (Å²) in [5.41, 5.74) is 3.74. The lowest BCUT2D eigenvalue weighted by Gasteiger charge is -2.20. The summed E-state index contributed by atoms with van der Waals surface area (Å²) in [4.78, 5) is 30.6. The second-order valence-corrected chi connectivity index (χ2v) is 11.1. The highest BCUT2D eigenvalue weighted by Crippen LogP contribution is 2.29. The summed E-state index contributed by atoms with van der Waals surface area (Å²) in [7, 11) is 0. The number of fused-ring (bicyclic) bond motifs is 1. The molecule has 0 bridgehead atoms. The number of carbonyl (C=O) groups is 2. The van der Waals surface area contributed by atoms with Crippen LogP contribution in [0.5, 0.6) is 0 Å². The zero-order valence-electron chi connectivity index (χ0n) is 20.6. The summed E-state index contributed by atoms with van der Waals surface area (Å²) < 4.78 is 0. The van der Waals surface area contributed by atoms with E-state index in [9.17, 15) is 14.7 Å². The van der Waals surface area contributed by atoms with E-state index < -0.39 is 5.97 Å². The molecule has 0 spiro atoms. The number of hydrogen-bond acceptors (Lipinski definition) is 5. The van der Waals surface area contributed by atoms with E-state index in [1.54, 1.807) is 24.3 Å².